The molecule has 0 spiro atoms. The van der Waals surface area contributed by atoms with Gasteiger partial charge in [0.05, 0.1) is 12.8 Å². The first-order chi connectivity index (χ1) is 17.1. The van der Waals surface area contributed by atoms with Gasteiger partial charge in [0.1, 0.15) is 6.61 Å². The molecule has 0 aromatic rings. The first-order valence-electron chi connectivity index (χ1n) is 9.73. The topological polar surface area (TPSA) is 78.9 Å². The van der Waals surface area contributed by atoms with Crippen molar-refractivity contribution in [3.63, 3.8) is 0 Å². The van der Waals surface area contributed by atoms with Crippen molar-refractivity contribution < 1.29 is 81.3 Å². The van der Waals surface area contributed by atoms with Gasteiger partial charge in [-0.05, 0) is 0 Å². The van der Waals surface area contributed by atoms with Crippen molar-refractivity contribution >= 4 is 41.4 Å². The van der Waals surface area contributed by atoms with E-state index in [0.717, 1.165) is 17.8 Å². The van der Waals surface area contributed by atoms with Crippen LogP contribution in [-0.2, 0) is 28.6 Å². The summed E-state index contributed by atoms with van der Waals surface area (Å²) in [4.78, 5) is 34.0. The molecule has 0 aliphatic heterocycles. The Bertz CT molecular complexity index is 767. The molecule has 0 radical (unpaired) electrons. The van der Waals surface area contributed by atoms with Crippen LogP contribution in [0.15, 0.2) is 12.7 Å². The quantitative estimate of drug-likeness (QED) is 0.0838. The van der Waals surface area contributed by atoms with Gasteiger partial charge in [0.15, 0.2) is 0 Å². The van der Waals surface area contributed by atoms with E-state index in [0.29, 0.717) is 11.8 Å². The number of carbonyl (C=O) groups excluding carboxylic acids is 3. The zero-order chi connectivity index (χ0) is 29.9. The predicted octanol–water partition coefficient (Wildman–Crippen LogP) is 5.40. The van der Waals surface area contributed by atoms with Crippen LogP contribution in [0.1, 0.15) is 12.8 Å². The lowest BCUT2D eigenvalue weighted by molar-refractivity contribution is -0.313. The van der Waals surface area contributed by atoms with Crippen LogP contribution < -0.4 is 0 Å². The summed E-state index contributed by atoms with van der Waals surface area (Å²) in [6.07, 6.45) is -33.4. The number of hydrogen-bond donors (Lipinski definition) is 0. The van der Waals surface area contributed by atoms with E-state index in [2.05, 4.69) is 16.1 Å². The van der Waals surface area contributed by atoms with E-state index in [1.54, 1.807) is 0 Å². The highest BCUT2D eigenvalue weighted by atomic mass is 32.2. The molecule has 0 N–H and O–H groups in total. The number of alkyl halides is 12. The van der Waals surface area contributed by atoms with Gasteiger partial charge in [-0.25, -0.2) is 4.79 Å². The fourth-order valence-electron chi connectivity index (χ4n) is 2.08. The van der Waals surface area contributed by atoms with Crippen LogP contribution in [-0.4, -0.2) is 83.9 Å². The third-order valence-corrected chi connectivity index (χ3v) is 6.24. The van der Waals surface area contributed by atoms with Gasteiger partial charge >= 0.3 is 42.6 Å². The molecule has 0 aromatic carbocycles. The van der Waals surface area contributed by atoms with Crippen LogP contribution in [0.5, 0.6) is 0 Å². The van der Waals surface area contributed by atoms with Crippen LogP contribution >= 0.6 is 23.5 Å². The lowest BCUT2D eigenvalue weighted by Gasteiger charge is -2.23. The van der Waals surface area contributed by atoms with E-state index in [4.69, 9.17) is 4.74 Å². The van der Waals surface area contributed by atoms with Gasteiger partial charge in [-0.1, -0.05) is 6.58 Å². The third-order valence-electron chi connectivity index (χ3n) is 3.68. The van der Waals surface area contributed by atoms with Crippen molar-refractivity contribution in [3.05, 3.63) is 12.7 Å². The number of ether oxygens (including phenoxy) is 3. The molecule has 1 atom stereocenters. The highest BCUT2D eigenvalue weighted by Gasteiger charge is 2.60. The Labute approximate surface area is 214 Å². The smallest absolute Gasteiger partial charge is 0.434 e. The molecule has 6 nitrogen and oxygen atoms in total. The Hall–Kier alpha value is -1.99. The van der Waals surface area contributed by atoms with Crippen LogP contribution in [0.4, 0.5) is 52.7 Å². The lowest BCUT2D eigenvalue weighted by atomic mass is 10.3. The molecule has 20 heteroatoms. The van der Waals surface area contributed by atoms with E-state index in [1.165, 1.54) is 0 Å². The van der Waals surface area contributed by atoms with Crippen molar-refractivity contribution in [1.82, 2.24) is 0 Å². The summed E-state index contributed by atoms with van der Waals surface area (Å²) >= 11 is 1.46. The molecule has 222 valence electrons. The number of thioether (sulfide) groups is 2. The largest absolute Gasteiger partial charge is 0.461 e. The van der Waals surface area contributed by atoms with Crippen LogP contribution in [0, 0.1) is 0 Å². The number of halogens is 12. The maximum absolute atomic E-state index is 12.4. The summed E-state index contributed by atoms with van der Waals surface area (Å²) in [5.41, 5.74) is 0. The molecule has 0 bridgehead atoms. The zero-order valence-electron chi connectivity index (χ0n) is 18.6. The van der Waals surface area contributed by atoms with Gasteiger partial charge < -0.3 is 14.2 Å². The van der Waals surface area contributed by atoms with Gasteiger partial charge in [-0.15, -0.1) is 0 Å². The lowest BCUT2D eigenvalue weighted by Crippen LogP contribution is -2.45. The molecular formula is C18H18F12O6S2. The molecular weight excluding hydrogens is 604 g/mol. The zero-order valence-corrected chi connectivity index (χ0v) is 20.2. The summed E-state index contributed by atoms with van der Waals surface area (Å²) < 4.78 is 161. The van der Waals surface area contributed by atoms with Crippen molar-refractivity contribution in [1.29, 1.82) is 0 Å². The Balaban J connectivity index is 4.86. The third kappa shape index (κ3) is 14.8. The van der Waals surface area contributed by atoms with E-state index < -0.39 is 85.3 Å². The highest BCUT2D eigenvalue weighted by Crippen LogP contribution is 2.37. The van der Waals surface area contributed by atoms with Crippen LogP contribution in [0.25, 0.3) is 0 Å². The minimum atomic E-state index is -5.92. The van der Waals surface area contributed by atoms with Gasteiger partial charge in [0.2, 0.25) is 0 Å². The van der Waals surface area contributed by atoms with E-state index in [1.807, 2.05) is 0 Å². The Morgan fingerprint density at radius 2 is 1.11 bits per heavy atom. The molecule has 1 unspecified atom stereocenters. The summed E-state index contributed by atoms with van der Waals surface area (Å²) in [5, 5.41) is -0.827. The van der Waals surface area contributed by atoms with Gasteiger partial charge in [0.25, 0.3) is 12.2 Å². The second kappa shape index (κ2) is 15.0. The number of rotatable bonds is 14. The molecule has 0 aliphatic carbocycles. The van der Waals surface area contributed by atoms with E-state index in [-0.39, 0.29) is 11.5 Å². The minimum absolute atomic E-state index is 0.132. The first-order valence-corrected chi connectivity index (χ1v) is 11.9. The molecule has 0 aromatic heterocycles. The predicted molar refractivity (Wildman–Crippen MR) is 108 cm³/mol. The van der Waals surface area contributed by atoms with Crippen LogP contribution in [0.2, 0.25) is 0 Å². The van der Waals surface area contributed by atoms with Crippen molar-refractivity contribution in [2.75, 3.05) is 23.9 Å². The Morgan fingerprint density at radius 3 is 1.47 bits per heavy atom. The summed E-state index contributed by atoms with van der Waals surface area (Å²) in [7, 11) is 0. The molecule has 0 saturated heterocycles. The second-order valence-electron chi connectivity index (χ2n) is 6.81. The maximum atomic E-state index is 12.4. The molecule has 0 amide bonds. The van der Waals surface area contributed by atoms with Gasteiger partial charge in [-0.3, -0.25) is 9.59 Å². The highest BCUT2D eigenvalue weighted by molar-refractivity contribution is 8.03. The van der Waals surface area contributed by atoms with E-state index in [9.17, 15) is 67.1 Å². The number of carbonyl (C=O) groups is 3. The molecule has 0 fully saturated rings. The summed E-state index contributed by atoms with van der Waals surface area (Å²) in [6.45, 7) is 2.66. The second-order valence-corrected chi connectivity index (χ2v) is 9.37. The summed E-state index contributed by atoms with van der Waals surface area (Å²) in [5.74, 6) is -5.56. The van der Waals surface area contributed by atoms with E-state index >= 15 is 0 Å². The SMILES string of the molecule is C=CC(=O)OCC(CSCCC(=O)OC(C(F)(F)F)C(F)(F)F)SCCC(=O)OC(C(F)(F)F)C(F)(F)F. The maximum Gasteiger partial charge on any atom is 0.434 e. The molecule has 0 saturated carbocycles. The average molecular weight is 622 g/mol. The number of esters is 3. The number of hydrogen-bond acceptors (Lipinski definition) is 8. The Morgan fingerprint density at radius 1 is 0.711 bits per heavy atom. The average Bonchev–Trinajstić information content (AvgIpc) is 2.73. The first kappa shape index (κ1) is 36.0. The van der Waals surface area contributed by atoms with Crippen molar-refractivity contribution in [3.8, 4) is 0 Å². The van der Waals surface area contributed by atoms with Crippen molar-refractivity contribution in [2.45, 2.75) is 55.0 Å². The monoisotopic (exact) mass is 622 g/mol. The molecule has 38 heavy (non-hydrogen) atoms. The molecule has 0 heterocycles. The van der Waals surface area contributed by atoms with Crippen molar-refractivity contribution in [2.24, 2.45) is 0 Å². The Kier molecular flexibility index (Phi) is 14.2. The standard InChI is InChI=1S/C18H18F12O6S2/c1-2-10(31)34-7-9(38-6-4-12(33)36-14(17(25,26)27)18(28,29)30)8-37-5-3-11(32)35-13(15(19,20)21)16(22,23)24/h2,9,13-14H,1,3-8H2. The normalized spacial score (nSPS) is 13.8. The van der Waals surface area contributed by atoms with Gasteiger partial charge in [0, 0.05) is 28.6 Å². The van der Waals surface area contributed by atoms with Gasteiger partial charge in [-0.2, -0.15) is 76.2 Å². The molecule has 0 rings (SSSR count). The fourth-order valence-corrected chi connectivity index (χ4v) is 4.37. The fraction of sp³-hybridized carbons (Fsp3) is 0.722. The minimum Gasteiger partial charge on any atom is -0.461 e. The molecule has 0 aliphatic rings. The summed E-state index contributed by atoms with van der Waals surface area (Å²) in [6, 6.07) is 0. The van der Waals surface area contributed by atoms with Crippen LogP contribution in [0.3, 0.4) is 0 Å².